The number of carbonyl (C=O) groups excluding carboxylic acids is 2. The summed E-state index contributed by atoms with van der Waals surface area (Å²) in [6.45, 7) is 5.77. The summed E-state index contributed by atoms with van der Waals surface area (Å²) >= 11 is 5.65. The van der Waals surface area contributed by atoms with Crippen molar-refractivity contribution in [1.29, 1.82) is 0 Å². The van der Waals surface area contributed by atoms with Gasteiger partial charge in [-0.1, -0.05) is 96.9 Å². The Kier molecular flexibility index (Phi) is 14.1. The zero-order valence-corrected chi connectivity index (χ0v) is 26.7. The molecule has 0 aromatic heterocycles. The molecular weight excluding hydrogens is 568 g/mol. The molecule has 1 amide bonds. The average Bonchev–Trinajstić information content (AvgIpc) is 3.22. The van der Waals surface area contributed by atoms with Gasteiger partial charge >= 0.3 is 0 Å². The monoisotopic (exact) mass is 614 g/mol. The molecule has 0 unspecified atom stereocenters. The lowest BCUT2D eigenvalue weighted by molar-refractivity contribution is -0.133. The summed E-state index contributed by atoms with van der Waals surface area (Å²) in [6, 6.07) is 28.8. The van der Waals surface area contributed by atoms with Crippen LogP contribution in [0.5, 0.6) is 0 Å². The highest BCUT2D eigenvalue weighted by molar-refractivity contribution is 6.30. The quantitative estimate of drug-likeness (QED) is 0.204. The normalized spacial score (nSPS) is 19.4. The third-order valence-corrected chi connectivity index (χ3v) is 8.72. The van der Waals surface area contributed by atoms with Crippen LogP contribution in [-0.4, -0.2) is 80.4 Å². The summed E-state index contributed by atoms with van der Waals surface area (Å²) in [4.78, 5) is 28.4. The molecule has 0 bridgehead atoms. The highest BCUT2D eigenvalue weighted by Crippen LogP contribution is 2.27. The number of rotatable bonds is 11. The van der Waals surface area contributed by atoms with Crippen molar-refractivity contribution in [2.24, 2.45) is 0 Å². The highest BCUT2D eigenvalue weighted by Gasteiger charge is 2.32. The van der Waals surface area contributed by atoms with Crippen LogP contribution in [-0.2, 0) is 9.59 Å². The molecule has 2 fully saturated rings. The lowest BCUT2D eigenvalue weighted by Crippen LogP contribution is -2.50. The number of carbonyl (C=O) groups is 2. The number of aldehydes is 1. The summed E-state index contributed by atoms with van der Waals surface area (Å²) in [5.41, 5.74) is 3.51. The Hall–Kier alpha value is -3.29. The molecule has 0 saturated carbocycles. The van der Waals surface area contributed by atoms with Gasteiger partial charge in [0.15, 0.2) is 0 Å². The zero-order valence-electron chi connectivity index (χ0n) is 25.9. The van der Waals surface area contributed by atoms with Crippen molar-refractivity contribution in [3.63, 3.8) is 0 Å². The molecule has 2 saturated heterocycles. The molecule has 5 rings (SSSR count). The number of piperidine rings is 1. The molecule has 2 aliphatic rings. The van der Waals surface area contributed by atoms with Gasteiger partial charge in [-0.2, -0.15) is 0 Å². The molecular formula is C37H47ClN4O2. The van der Waals surface area contributed by atoms with Crippen LogP contribution in [0.1, 0.15) is 54.7 Å². The van der Waals surface area contributed by atoms with Gasteiger partial charge in [0.1, 0.15) is 6.29 Å². The van der Waals surface area contributed by atoms with Gasteiger partial charge in [-0.25, -0.2) is 0 Å². The standard InChI is InChI=1S/C28H40N4O.C9H7ClO/c1-29-21-25-15-20-32(28(33)27(30-25)16-19-31-17-9-4-10-18-31)22-26(23-11-5-2-6-12-23)24-13-7-3-8-14-24;10-9-5-3-8(4-6-9)2-1-7-11/h2-3,5-8,11-14,25-27,29-30H,4,9-10,15-22H2,1H3;1-7H/b;2-1+/t25-,27-;/m0./s1. The van der Waals surface area contributed by atoms with E-state index in [-0.39, 0.29) is 17.9 Å². The predicted molar refractivity (Wildman–Crippen MR) is 182 cm³/mol. The van der Waals surface area contributed by atoms with Crippen LogP contribution in [0.4, 0.5) is 0 Å². The molecule has 0 spiro atoms. The Bertz CT molecular complexity index is 1240. The van der Waals surface area contributed by atoms with Gasteiger partial charge in [0.2, 0.25) is 5.91 Å². The summed E-state index contributed by atoms with van der Waals surface area (Å²) < 4.78 is 0. The molecule has 2 N–H and O–H groups in total. The molecule has 234 valence electrons. The fraction of sp³-hybridized carbons (Fsp3) is 0.405. The molecule has 2 heterocycles. The highest BCUT2D eigenvalue weighted by atomic mass is 35.5. The summed E-state index contributed by atoms with van der Waals surface area (Å²) in [6.07, 6.45) is 9.70. The Morgan fingerprint density at radius 3 is 2.14 bits per heavy atom. The first-order chi connectivity index (χ1) is 21.6. The molecule has 0 aliphatic carbocycles. The van der Waals surface area contributed by atoms with Crippen molar-refractivity contribution in [2.75, 3.05) is 46.3 Å². The third-order valence-electron chi connectivity index (χ3n) is 8.47. The maximum atomic E-state index is 13.8. The maximum Gasteiger partial charge on any atom is 0.239 e. The van der Waals surface area contributed by atoms with Crippen LogP contribution in [0.3, 0.4) is 0 Å². The van der Waals surface area contributed by atoms with E-state index in [1.165, 1.54) is 49.6 Å². The first-order valence-corrected chi connectivity index (χ1v) is 16.3. The Balaban J connectivity index is 0.000000339. The SMILES string of the molecule is CNC[C@@H]1CCN(CC(c2ccccc2)c2ccccc2)C(=O)[C@H](CCN2CCCCC2)N1.O=C/C=C/c1ccc(Cl)cc1. The number of likely N-dealkylation sites (N-methyl/N-ethyl adjacent to an activating group) is 1. The van der Waals surface area contributed by atoms with Crippen LogP contribution >= 0.6 is 11.6 Å². The fourth-order valence-electron chi connectivity index (χ4n) is 6.09. The van der Waals surface area contributed by atoms with Crippen LogP contribution in [0.15, 0.2) is 91.0 Å². The minimum atomic E-state index is -0.111. The van der Waals surface area contributed by atoms with E-state index in [2.05, 4.69) is 81.1 Å². The van der Waals surface area contributed by atoms with E-state index in [0.29, 0.717) is 11.1 Å². The number of halogens is 1. The van der Waals surface area contributed by atoms with Crippen molar-refractivity contribution in [1.82, 2.24) is 20.4 Å². The van der Waals surface area contributed by atoms with Gasteiger partial charge in [0.25, 0.3) is 0 Å². The number of allylic oxidation sites excluding steroid dienone is 1. The van der Waals surface area contributed by atoms with Crippen molar-refractivity contribution in [3.05, 3.63) is 113 Å². The van der Waals surface area contributed by atoms with E-state index < -0.39 is 0 Å². The maximum absolute atomic E-state index is 13.8. The van der Waals surface area contributed by atoms with E-state index >= 15 is 0 Å². The van der Waals surface area contributed by atoms with Gasteiger partial charge in [-0.3, -0.25) is 9.59 Å². The minimum Gasteiger partial charge on any atom is -0.340 e. The van der Waals surface area contributed by atoms with E-state index in [0.717, 1.165) is 50.9 Å². The van der Waals surface area contributed by atoms with Gasteiger partial charge in [-0.05, 0) is 80.7 Å². The number of amides is 1. The Morgan fingerprint density at radius 2 is 1.55 bits per heavy atom. The lowest BCUT2D eigenvalue weighted by Gasteiger charge is -2.31. The number of hydrogen-bond acceptors (Lipinski definition) is 5. The van der Waals surface area contributed by atoms with E-state index in [1.807, 2.05) is 19.2 Å². The van der Waals surface area contributed by atoms with Gasteiger partial charge in [-0.15, -0.1) is 0 Å². The Labute approximate surface area is 268 Å². The van der Waals surface area contributed by atoms with Crippen molar-refractivity contribution in [2.45, 2.75) is 50.1 Å². The molecule has 2 aliphatic heterocycles. The topological polar surface area (TPSA) is 64.7 Å². The third kappa shape index (κ3) is 10.7. The van der Waals surface area contributed by atoms with Gasteiger partial charge < -0.3 is 20.4 Å². The lowest BCUT2D eigenvalue weighted by atomic mass is 9.90. The van der Waals surface area contributed by atoms with Crippen LogP contribution in [0.25, 0.3) is 6.08 Å². The van der Waals surface area contributed by atoms with Crippen molar-refractivity contribution >= 4 is 29.9 Å². The molecule has 44 heavy (non-hydrogen) atoms. The molecule has 3 aromatic carbocycles. The van der Waals surface area contributed by atoms with Crippen molar-refractivity contribution in [3.8, 4) is 0 Å². The largest absolute Gasteiger partial charge is 0.340 e. The summed E-state index contributed by atoms with van der Waals surface area (Å²) in [7, 11) is 2.00. The van der Waals surface area contributed by atoms with Gasteiger partial charge in [0, 0.05) is 43.2 Å². The molecule has 2 atom stereocenters. The number of likely N-dealkylation sites (tertiary alicyclic amines) is 1. The molecule has 3 aromatic rings. The van der Waals surface area contributed by atoms with Gasteiger partial charge in [0.05, 0.1) is 6.04 Å². The first kappa shape index (κ1) is 33.6. The number of hydrogen-bond donors (Lipinski definition) is 2. The smallest absolute Gasteiger partial charge is 0.239 e. The molecule has 0 radical (unpaired) electrons. The predicted octanol–water partition coefficient (Wildman–Crippen LogP) is 6.03. The molecule has 7 heteroatoms. The van der Waals surface area contributed by atoms with Crippen LogP contribution < -0.4 is 10.6 Å². The number of benzene rings is 3. The number of nitrogens with zero attached hydrogens (tertiary/aromatic N) is 2. The Morgan fingerprint density at radius 1 is 0.909 bits per heavy atom. The second kappa shape index (κ2) is 18.5. The minimum absolute atomic E-state index is 0.111. The average molecular weight is 615 g/mol. The molecule has 6 nitrogen and oxygen atoms in total. The van der Waals surface area contributed by atoms with Crippen molar-refractivity contribution < 1.29 is 9.59 Å². The number of nitrogens with one attached hydrogen (secondary N) is 2. The summed E-state index contributed by atoms with van der Waals surface area (Å²) in [5.74, 6) is 0.447. The van der Waals surface area contributed by atoms with Crippen LogP contribution in [0.2, 0.25) is 5.02 Å². The van der Waals surface area contributed by atoms with E-state index in [9.17, 15) is 9.59 Å². The van der Waals surface area contributed by atoms with E-state index in [4.69, 9.17) is 11.6 Å². The fourth-order valence-corrected chi connectivity index (χ4v) is 6.22. The second-order valence-electron chi connectivity index (χ2n) is 11.7. The zero-order chi connectivity index (χ0) is 31.0. The second-order valence-corrected chi connectivity index (χ2v) is 12.1. The first-order valence-electron chi connectivity index (χ1n) is 16.0. The van der Waals surface area contributed by atoms with Crippen LogP contribution in [0, 0.1) is 0 Å². The van der Waals surface area contributed by atoms with E-state index in [1.54, 1.807) is 18.2 Å². The summed E-state index contributed by atoms with van der Waals surface area (Å²) in [5, 5.41) is 7.72.